The van der Waals surface area contributed by atoms with Gasteiger partial charge in [0, 0.05) is 11.5 Å². The number of carbonyl (C=O) groups is 3. The number of fused-ring (bicyclic) bond motifs is 3. The van der Waals surface area contributed by atoms with E-state index < -0.39 is 81.1 Å². The van der Waals surface area contributed by atoms with Gasteiger partial charge in [-0.15, -0.1) is 0 Å². The van der Waals surface area contributed by atoms with E-state index in [0.29, 0.717) is 0 Å². The molecule has 1 amide bonds. The third-order valence-corrected chi connectivity index (χ3v) is 10.7. The molecule has 1 aromatic carbocycles. The summed E-state index contributed by atoms with van der Waals surface area (Å²) in [5.74, 6) is -10.2. The minimum Gasteiger partial charge on any atom is -0.873 e. The summed E-state index contributed by atoms with van der Waals surface area (Å²) >= 11 is 0. The van der Waals surface area contributed by atoms with Crippen LogP contribution < -0.4 is 10.8 Å². The van der Waals surface area contributed by atoms with E-state index in [2.05, 4.69) is 28.1 Å². The number of Topliss-reactive ketones (excluding diaryl/α,β-unsaturated/α-hetero) is 2. The van der Waals surface area contributed by atoms with Crippen molar-refractivity contribution in [1.82, 2.24) is 4.90 Å². The minimum atomic E-state index is -3.13. The van der Waals surface area contributed by atoms with Crippen molar-refractivity contribution >= 4 is 23.2 Å². The summed E-state index contributed by atoms with van der Waals surface area (Å²) in [5, 5.41) is 68.6. The first-order valence-electron chi connectivity index (χ1n) is 18.4. The number of primary amides is 1. The largest absolute Gasteiger partial charge is 0.873 e. The number of phenolic OH excluding ortho intramolecular Hbond substituents is 1. The summed E-state index contributed by atoms with van der Waals surface area (Å²) in [6.45, 7) is 4.86. The fraction of sp³-hybridized carbons (Fsp3) is 0.667. The number of benzene rings is 1. The number of rotatable bonds is 15. The Kier molecular flexibility index (Phi) is 14.1. The lowest BCUT2D eigenvalue weighted by Crippen LogP contribution is -2.73. The number of unbranched alkanes of at least 4 members (excludes halogenated alkanes) is 11. The first-order valence-corrected chi connectivity index (χ1v) is 18.4. The average Bonchev–Trinajstić information content (AvgIpc) is 3.03. The van der Waals surface area contributed by atoms with Crippen LogP contribution in [0.1, 0.15) is 102 Å². The Morgan fingerprint density at radius 1 is 0.922 bits per heavy atom. The summed E-state index contributed by atoms with van der Waals surface area (Å²) in [5.41, 5.74) is -2.13. The monoisotopic (exact) mass is 715 g/mol. The molecule has 6 atom stereocenters. The Labute approximate surface area is 302 Å². The van der Waals surface area contributed by atoms with Gasteiger partial charge in [0.05, 0.1) is 62.5 Å². The number of amides is 1. The van der Waals surface area contributed by atoms with Crippen LogP contribution in [0.3, 0.4) is 0 Å². The number of phenols is 1. The zero-order valence-corrected chi connectivity index (χ0v) is 31.6. The van der Waals surface area contributed by atoms with Gasteiger partial charge in [-0.3, -0.25) is 19.3 Å². The molecule has 0 aromatic heterocycles. The molecule has 3 aliphatic rings. The van der Waals surface area contributed by atoms with E-state index in [4.69, 9.17) is 5.73 Å². The maximum absolute atomic E-state index is 13.6. The van der Waals surface area contributed by atoms with Crippen LogP contribution in [0.4, 0.5) is 0 Å². The van der Waals surface area contributed by atoms with Crippen LogP contribution in [-0.4, -0.2) is 112 Å². The predicted octanol–water partition coefficient (Wildman–Crippen LogP) is 2.80. The third-order valence-electron chi connectivity index (χ3n) is 10.7. The van der Waals surface area contributed by atoms with Crippen molar-refractivity contribution in [2.45, 2.75) is 114 Å². The first-order chi connectivity index (χ1) is 23.8. The molecule has 0 spiro atoms. The fourth-order valence-corrected chi connectivity index (χ4v) is 8.00. The van der Waals surface area contributed by atoms with Gasteiger partial charge in [0.25, 0.3) is 5.91 Å². The number of hydrogen-bond acceptors (Lipinski definition) is 10. The minimum absolute atomic E-state index is 0.00899. The summed E-state index contributed by atoms with van der Waals surface area (Å²) < 4.78 is 1.12. The Morgan fingerprint density at radius 2 is 1.43 bits per heavy atom. The summed E-state index contributed by atoms with van der Waals surface area (Å²) in [7, 11) is 9.63. The Hall–Kier alpha value is -3.29. The number of carbonyl (C=O) groups excluding carboxylic acids is 3. The number of ketones is 2. The molecule has 0 radical (unpaired) electrons. The highest BCUT2D eigenvalue weighted by molar-refractivity contribution is 6.24. The van der Waals surface area contributed by atoms with E-state index in [0.717, 1.165) is 4.48 Å². The number of aliphatic hydroxyl groups is 4. The van der Waals surface area contributed by atoms with Crippen LogP contribution in [0, 0.1) is 11.8 Å². The normalized spacial score (nSPS) is 27.5. The fourth-order valence-electron chi connectivity index (χ4n) is 8.00. The van der Waals surface area contributed by atoms with Crippen molar-refractivity contribution in [3.8, 4) is 5.75 Å². The van der Waals surface area contributed by atoms with Crippen LogP contribution in [0.15, 0.2) is 35.1 Å². The molecular formula is C39H61N3O9. The summed E-state index contributed by atoms with van der Waals surface area (Å²) in [4.78, 5) is 39.8. The van der Waals surface area contributed by atoms with E-state index in [9.17, 15) is 45.0 Å². The standard InChI is InChI=1S/C22H24N2O9.C17H38N/c1-21(32)7-5-4-6-8(25)9(7)15(26)10-12(21)17(28)13-14(24(2)3)16(27)11(20(23)31)19(30)22(13,33)18(10)29;1-5-6-7-8-9-10-11-12-13-14-15-16-17-18(2,3)4/h4-6,12-14,17,25-26,28,30,32-33H,1-3H3,(H2,23,31);5-17H2,1-4H3/q;+1/p-1/t12-,13-,14+,17+,21-,22+;/m1./s1. The number of nitrogens with zero attached hydrogens (tertiary/aromatic N) is 2. The second-order valence-corrected chi connectivity index (χ2v) is 15.9. The molecule has 3 aliphatic carbocycles. The van der Waals surface area contributed by atoms with Gasteiger partial charge in [-0.25, -0.2) is 0 Å². The highest BCUT2D eigenvalue weighted by Gasteiger charge is 2.67. The van der Waals surface area contributed by atoms with E-state index in [1.165, 1.54) is 128 Å². The molecule has 51 heavy (non-hydrogen) atoms. The van der Waals surface area contributed by atoms with Crippen molar-refractivity contribution in [1.29, 1.82) is 0 Å². The van der Waals surface area contributed by atoms with Gasteiger partial charge < -0.3 is 40.9 Å². The van der Waals surface area contributed by atoms with Gasteiger partial charge in [-0.2, -0.15) is 0 Å². The highest BCUT2D eigenvalue weighted by atomic mass is 16.4. The summed E-state index contributed by atoms with van der Waals surface area (Å²) in [6.07, 6.45) is 15.5. The average molecular weight is 716 g/mol. The second kappa shape index (κ2) is 17.0. The number of aromatic hydroxyl groups is 1. The molecule has 0 saturated heterocycles. The molecule has 286 valence electrons. The molecule has 1 aromatic rings. The van der Waals surface area contributed by atoms with Crippen molar-refractivity contribution in [3.05, 3.63) is 46.2 Å². The van der Waals surface area contributed by atoms with Gasteiger partial charge in [-0.1, -0.05) is 89.0 Å². The van der Waals surface area contributed by atoms with Gasteiger partial charge in [0.2, 0.25) is 0 Å². The van der Waals surface area contributed by atoms with Crippen LogP contribution in [0.25, 0.3) is 5.76 Å². The maximum atomic E-state index is 13.6. The third kappa shape index (κ3) is 8.68. The van der Waals surface area contributed by atoms with Crippen LogP contribution in [-0.2, 0) is 20.0 Å². The van der Waals surface area contributed by atoms with E-state index in [1.54, 1.807) is 0 Å². The van der Waals surface area contributed by atoms with Gasteiger partial charge >= 0.3 is 0 Å². The number of hydrogen-bond donors (Lipinski definition) is 6. The number of quaternary nitrogens is 1. The van der Waals surface area contributed by atoms with E-state index in [1.807, 2.05) is 0 Å². The maximum Gasteiger partial charge on any atom is 0.251 e. The molecule has 0 aliphatic heterocycles. The Morgan fingerprint density at radius 3 is 1.90 bits per heavy atom. The molecule has 1 fully saturated rings. The summed E-state index contributed by atoms with van der Waals surface area (Å²) in [6, 6.07) is 2.43. The van der Waals surface area contributed by atoms with Gasteiger partial charge in [-0.05, 0) is 45.5 Å². The van der Waals surface area contributed by atoms with E-state index in [-0.39, 0.29) is 11.1 Å². The lowest BCUT2D eigenvalue weighted by atomic mass is 9.53. The van der Waals surface area contributed by atoms with Crippen molar-refractivity contribution in [3.63, 3.8) is 0 Å². The smallest absolute Gasteiger partial charge is 0.251 e. The molecule has 0 heterocycles. The highest BCUT2D eigenvalue weighted by Crippen LogP contribution is 2.57. The lowest BCUT2D eigenvalue weighted by Gasteiger charge is -2.57. The SMILES string of the molecule is CCCCCCCCCCCCCC[N+](C)(C)C.CN(C)[C@@H]1C(=O)C(C(N)=O)=C([O-])[C@@]2(O)C(=O)C3=C(O)c4c(O)cccc4[C@@](C)(O)[C@H]3[C@H](O)[C@@H]12. The molecule has 12 heteroatoms. The zero-order valence-electron chi connectivity index (χ0n) is 31.6. The molecule has 1 saturated carbocycles. The number of aliphatic hydroxyl groups excluding tert-OH is 2. The number of nitrogens with two attached hydrogens (primary N) is 1. The van der Waals surface area contributed by atoms with E-state index >= 15 is 0 Å². The first kappa shape index (κ1) is 42.1. The molecular weight excluding hydrogens is 654 g/mol. The quantitative estimate of drug-likeness (QED) is 0.0890. The number of likely N-dealkylation sites (N-methyl/N-ethyl adjacent to an activating group) is 1. The Balaban J connectivity index is 0.000000333. The zero-order chi connectivity index (χ0) is 38.5. The second-order valence-electron chi connectivity index (χ2n) is 15.9. The molecule has 12 nitrogen and oxygen atoms in total. The molecule has 0 unspecified atom stereocenters. The van der Waals surface area contributed by atoms with Crippen LogP contribution in [0.5, 0.6) is 5.75 Å². The van der Waals surface area contributed by atoms with Gasteiger partial charge in [0.15, 0.2) is 11.6 Å². The Bertz CT molecular complexity index is 1490. The lowest BCUT2D eigenvalue weighted by molar-refractivity contribution is -0.870. The molecule has 0 bridgehead atoms. The predicted molar refractivity (Wildman–Crippen MR) is 193 cm³/mol. The van der Waals surface area contributed by atoms with Crippen molar-refractivity contribution < 1.29 is 49.5 Å². The van der Waals surface area contributed by atoms with Crippen molar-refractivity contribution in [2.24, 2.45) is 17.6 Å². The van der Waals surface area contributed by atoms with Crippen molar-refractivity contribution in [2.75, 3.05) is 41.8 Å². The van der Waals surface area contributed by atoms with Crippen LogP contribution >= 0.6 is 0 Å². The van der Waals surface area contributed by atoms with Crippen LogP contribution in [0.2, 0.25) is 0 Å². The van der Waals surface area contributed by atoms with Gasteiger partial charge in [0.1, 0.15) is 17.1 Å². The molecule has 7 N–H and O–H groups in total. The topological polar surface area (TPSA) is 205 Å². The molecule has 4 rings (SSSR count).